The molecular weight excluding hydrogens is 399 g/mol. The van der Waals surface area contributed by atoms with Crippen molar-refractivity contribution in [2.45, 2.75) is 32.0 Å². The van der Waals surface area contributed by atoms with Crippen LogP contribution in [0.3, 0.4) is 0 Å². The number of halogens is 3. The highest BCUT2D eigenvalue weighted by molar-refractivity contribution is 6.00. The Balaban J connectivity index is 1.57. The summed E-state index contributed by atoms with van der Waals surface area (Å²) in [4.78, 5) is 21.3. The Morgan fingerprint density at radius 3 is 2.87 bits per heavy atom. The third-order valence-corrected chi connectivity index (χ3v) is 5.26. The van der Waals surface area contributed by atoms with Crippen LogP contribution in [-0.2, 0) is 0 Å². The summed E-state index contributed by atoms with van der Waals surface area (Å²) in [6.45, 7) is 1.77. The van der Waals surface area contributed by atoms with E-state index >= 15 is 0 Å². The number of hydrogen-bond donors (Lipinski definition) is 1. The van der Waals surface area contributed by atoms with Gasteiger partial charge < -0.3 is 9.73 Å². The summed E-state index contributed by atoms with van der Waals surface area (Å²) in [5.74, 6) is -1.42. The van der Waals surface area contributed by atoms with Crippen LogP contribution in [0.2, 0.25) is 0 Å². The van der Waals surface area contributed by atoms with Gasteiger partial charge in [0.2, 0.25) is 0 Å². The summed E-state index contributed by atoms with van der Waals surface area (Å²) in [7, 11) is 0. The molecule has 1 aliphatic rings. The molecule has 3 aromatic heterocycles. The van der Waals surface area contributed by atoms with Crippen LogP contribution in [0.25, 0.3) is 28.0 Å². The molecule has 3 heterocycles. The highest BCUT2D eigenvalue weighted by atomic mass is 19.4. The van der Waals surface area contributed by atoms with Crippen LogP contribution >= 0.6 is 0 Å². The first-order valence-electron chi connectivity index (χ1n) is 9.38. The zero-order chi connectivity index (χ0) is 21.0. The van der Waals surface area contributed by atoms with Gasteiger partial charge in [0, 0.05) is 11.3 Å². The molecule has 154 valence electrons. The lowest BCUT2D eigenvalue weighted by Crippen LogP contribution is -2.46. The number of carbonyl (C=O) groups is 1. The van der Waals surface area contributed by atoms with Gasteiger partial charge in [-0.25, -0.2) is 14.5 Å². The predicted octanol–water partition coefficient (Wildman–Crippen LogP) is 3.92. The molecule has 30 heavy (non-hydrogen) atoms. The van der Waals surface area contributed by atoms with E-state index in [0.29, 0.717) is 40.9 Å². The number of alkyl halides is 3. The maximum absolute atomic E-state index is 13.3. The van der Waals surface area contributed by atoms with E-state index in [1.807, 2.05) is 0 Å². The van der Waals surface area contributed by atoms with Crippen LogP contribution in [0, 0.1) is 12.8 Å². The fourth-order valence-corrected chi connectivity index (χ4v) is 3.61. The first kappa shape index (κ1) is 18.6. The molecule has 0 radical (unpaired) electrons. The second-order valence-electron chi connectivity index (χ2n) is 7.41. The van der Waals surface area contributed by atoms with Gasteiger partial charge in [-0.15, -0.1) is 0 Å². The van der Waals surface area contributed by atoms with E-state index in [9.17, 15) is 18.0 Å². The minimum atomic E-state index is -4.50. The SMILES string of the molecule is Cc1cc(-c2cccc3ncoc23)nc2c(C(=O)NC(C3CC3)C(F)(F)F)cnn12. The smallest absolute Gasteiger partial charge is 0.408 e. The molecule has 1 amide bonds. The van der Waals surface area contributed by atoms with Crippen LogP contribution < -0.4 is 5.32 Å². The number of aryl methyl sites for hydroxylation is 1. The van der Waals surface area contributed by atoms with Crippen molar-refractivity contribution < 1.29 is 22.4 Å². The number of aromatic nitrogens is 4. The van der Waals surface area contributed by atoms with Gasteiger partial charge in [-0.1, -0.05) is 6.07 Å². The lowest BCUT2D eigenvalue weighted by atomic mass is 10.1. The van der Waals surface area contributed by atoms with Crippen LogP contribution in [0.15, 0.2) is 41.3 Å². The average molecular weight is 415 g/mol. The van der Waals surface area contributed by atoms with Crippen LogP contribution in [0.5, 0.6) is 0 Å². The molecule has 1 aliphatic carbocycles. The summed E-state index contributed by atoms with van der Waals surface area (Å²) >= 11 is 0. The monoisotopic (exact) mass is 415 g/mol. The van der Waals surface area contributed by atoms with Gasteiger partial charge >= 0.3 is 6.18 Å². The number of amides is 1. The average Bonchev–Trinajstić information content (AvgIpc) is 3.23. The Kier molecular flexibility index (Phi) is 4.05. The van der Waals surface area contributed by atoms with Crippen molar-refractivity contribution in [3.8, 4) is 11.3 Å². The van der Waals surface area contributed by atoms with Gasteiger partial charge in [-0.05, 0) is 43.9 Å². The summed E-state index contributed by atoms with van der Waals surface area (Å²) < 4.78 is 46.9. The lowest BCUT2D eigenvalue weighted by molar-refractivity contribution is -0.158. The molecule has 1 saturated carbocycles. The Hall–Kier alpha value is -3.43. The number of hydrogen-bond acceptors (Lipinski definition) is 5. The standard InChI is InChI=1S/C20H16F3N5O2/c1-10-7-15(12-3-2-4-14-16(12)30-9-24-14)26-18-13(8-25-28(10)18)19(29)27-17(11-5-6-11)20(21,22)23/h2-4,7-9,11,17H,5-6H2,1H3,(H,27,29). The van der Waals surface area contributed by atoms with E-state index in [-0.39, 0.29) is 11.2 Å². The summed E-state index contributed by atoms with van der Waals surface area (Å²) in [6, 6.07) is 5.29. The van der Waals surface area contributed by atoms with E-state index in [2.05, 4.69) is 20.4 Å². The van der Waals surface area contributed by atoms with E-state index in [0.717, 1.165) is 0 Å². The first-order chi connectivity index (χ1) is 14.3. The number of nitrogens with zero attached hydrogens (tertiary/aromatic N) is 4. The van der Waals surface area contributed by atoms with Gasteiger partial charge in [0.25, 0.3) is 5.91 Å². The lowest BCUT2D eigenvalue weighted by Gasteiger charge is -2.20. The summed E-state index contributed by atoms with van der Waals surface area (Å²) in [6.07, 6.45) is -1.05. The molecule has 1 aromatic carbocycles. The second-order valence-corrected chi connectivity index (χ2v) is 7.41. The fraction of sp³-hybridized carbons (Fsp3) is 0.300. The predicted molar refractivity (Wildman–Crippen MR) is 101 cm³/mol. The molecule has 0 spiro atoms. The summed E-state index contributed by atoms with van der Waals surface area (Å²) in [5, 5.41) is 6.26. The summed E-state index contributed by atoms with van der Waals surface area (Å²) in [5.41, 5.74) is 3.18. The van der Waals surface area contributed by atoms with E-state index in [4.69, 9.17) is 4.42 Å². The van der Waals surface area contributed by atoms with Gasteiger partial charge in [0.15, 0.2) is 17.6 Å². The highest BCUT2D eigenvalue weighted by Crippen LogP contribution is 2.40. The quantitative estimate of drug-likeness (QED) is 0.546. The molecule has 10 heteroatoms. The molecule has 0 bridgehead atoms. The molecule has 4 aromatic rings. The topological polar surface area (TPSA) is 85.3 Å². The molecule has 0 saturated heterocycles. The number of carbonyl (C=O) groups excluding carboxylic acids is 1. The van der Waals surface area contributed by atoms with Crippen LogP contribution in [0.4, 0.5) is 13.2 Å². The highest BCUT2D eigenvalue weighted by Gasteiger charge is 2.49. The van der Waals surface area contributed by atoms with Crippen molar-refractivity contribution >= 4 is 22.7 Å². The van der Waals surface area contributed by atoms with Crippen LogP contribution in [-0.4, -0.2) is 37.7 Å². The maximum atomic E-state index is 13.3. The van der Waals surface area contributed by atoms with Gasteiger partial charge in [0.05, 0.1) is 11.9 Å². The van der Waals surface area contributed by atoms with Crippen molar-refractivity contribution in [2.24, 2.45) is 5.92 Å². The van der Waals surface area contributed by atoms with Crippen molar-refractivity contribution in [2.75, 3.05) is 0 Å². The van der Waals surface area contributed by atoms with Crippen LogP contribution in [0.1, 0.15) is 28.9 Å². The molecule has 0 aliphatic heterocycles. The molecule has 7 nitrogen and oxygen atoms in total. The molecular formula is C20H16F3N5O2. The largest absolute Gasteiger partial charge is 0.443 e. The van der Waals surface area contributed by atoms with Gasteiger partial charge in [-0.3, -0.25) is 4.79 Å². The number of benzene rings is 1. The second kappa shape index (κ2) is 6.54. The van der Waals surface area contributed by atoms with Crippen molar-refractivity contribution in [3.63, 3.8) is 0 Å². The molecule has 5 rings (SSSR count). The zero-order valence-corrected chi connectivity index (χ0v) is 15.8. The fourth-order valence-electron chi connectivity index (χ4n) is 3.61. The Labute approximate surface area is 167 Å². The van der Waals surface area contributed by atoms with E-state index < -0.39 is 24.0 Å². The zero-order valence-electron chi connectivity index (χ0n) is 15.8. The maximum Gasteiger partial charge on any atom is 0.408 e. The van der Waals surface area contributed by atoms with Crippen molar-refractivity contribution in [1.29, 1.82) is 0 Å². The minimum absolute atomic E-state index is 0.0143. The third-order valence-electron chi connectivity index (χ3n) is 5.26. The Morgan fingerprint density at radius 2 is 2.13 bits per heavy atom. The normalized spacial score (nSPS) is 15.6. The first-order valence-corrected chi connectivity index (χ1v) is 9.38. The number of rotatable bonds is 4. The molecule has 1 unspecified atom stereocenters. The third kappa shape index (κ3) is 3.08. The van der Waals surface area contributed by atoms with E-state index in [1.54, 1.807) is 31.2 Å². The molecule has 1 atom stereocenters. The van der Waals surface area contributed by atoms with Crippen molar-refractivity contribution in [3.05, 3.63) is 48.1 Å². The number of oxazole rings is 1. The van der Waals surface area contributed by atoms with Gasteiger partial charge in [0.1, 0.15) is 17.1 Å². The Bertz CT molecular complexity index is 1270. The van der Waals surface area contributed by atoms with Crippen molar-refractivity contribution in [1.82, 2.24) is 24.9 Å². The molecule has 1 fully saturated rings. The number of nitrogens with one attached hydrogen (secondary N) is 1. The minimum Gasteiger partial charge on any atom is -0.443 e. The van der Waals surface area contributed by atoms with E-state index in [1.165, 1.54) is 17.1 Å². The Morgan fingerprint density at radius 1 is 1.33 bits per heavy atom. The van der Waals surface area contributed by atoms with Gasteiger partial charge in [-0.2, -0.15) is 18.3 Å². The number of para-hydroxylation sites is 1. The molecule has 1 N–H and O–H groups in total. The number of fused-ring (bicyclic) bond motifs is 2.